The minimum absolute atomic E-state index is 0.136. The van der Waals surface area contributed by atoms with E-state index >= 15 is 0 Å². The molecule has 10 heteroatoms. The summed E-state index contributed by atoms with van der Waals surface area (Å²) in [4.78, 5) is 0. The number of hydrogen-bond donors (Lipinski definition) is 1. The first-order valence-electron chi connectivity index (χ1n) is 6.16. The molecule has 0 bridgehead atoms. The summed E-state index contributed by atoms with van der Waals surface area (Å²) in [7, 11) is -6.67. The third kappa shape index (κ3) is 3.93. The number of alkyl halides is 3. The SMILES string of the molecule is COc1cc([Si](C)(C)C)c(OS(=O)(=O)C(F)(F)F)cc1CO. The van der Waals surface area contributed by atoms with Gasteiger partial charge in [-0.3, -0.25) is 0 Å². The predicted molar refractivity (Wildman–Crippen MR) is 77.5 cm³/mol. The molecule has 1 N–H and O–H groups in total. The van der Waals surface area contributed by atoms with Crippen molar-refractivity contribution in [3.05, 3.63) is 17.7 Å². The van der Waals surface area contributed by atoms with Crippen LogP contribution in [0.15, 0.2) is 12.1 Å². The van der Waals surface area contributed by atoms with E-state index < -0.39 is 36.1 Å². The Bertz CT molecular complexity index is 650. The molecule has 0 aliphatic heterocycles. The molecule has 0 atom stereocenters. The van der Waals surface area contributed by atoms with Gasteiger partial charge >= 0.3 is 15.6 Å². The van der Waals surface area contributed by atoms with Gasteiger partial charge in [0, 0.05) is 5.56 Å². The Morgan fingerprint density at radius 3 is 2.09 bits per heavy atom. The molecule has 126 valence electrons. The second kappa shape index (κ2) is 6.09. The van der Waals surface area contributed by atoms with Gasteiger partial charge in [-0.1, -0.05) is 19.6 Å². The molecule has 0 saturated heterocycles. The minimum Gasteiger partial charge on any atom is -0.496 e. The van der Waals surface area contributed by atoms with Crippen molar-refractivity contribution in [2.24, 2.45) is 0 Å². The Morgan fingerprint density at radius 2 is 1.73 bits per heavy atom. The van der Waals surface area contributed by atoms with Crippen molar-refractivity contribution in [1.29, 1.82) is 0 Å². The Kier molecular flexibility index (Phi) is 5.20. The largest absolute Gasteiger partial charge is 0.534 e. The number of hydrogen-bond acceptors (Lipinski definition) is 5. The van der Waals surface area contributed by atoms with E-state index in [2.05, 4.69) is 4.18 Å². The van der Waals surface area contributed by atoms with Crippen LogP contribution in [-0.4, -0.2) is 34.2 Å². The van der Waals surface area contributed by atoms with Gasteiger partial charge in [-0.2, -0.15) is 21.6 Å². The summed E-state index contributed by atoms with van der Waals surface area (Å²) in [6.45, 7) is 4.91. The van der Waals surface area contributed by atoms with Gasteiger partial charge in [-0.05, 0) is 17.3 Å². The van der Waals surface area contributed by atoms with Crippen LogP contribution in [0.2, 0.25) is 19.6 Å². The molecule has 0 heterocycles. The minimum atomic E-state index is -5.78. The van der Waals surface area contributed by atoms with Crippen molar-refractivity contribution < 1.29 is 35.6 Å². The number of aliphatic hydroxyl groups excluding tert-OH is 1. The van der Waals surface area contributed by atoms with Crippen LogP contribution < -0.4 is 14.1 Å². The Hall–Kier alpha value is -1.26. The van der Waals surface area contributed by atoms with Crippen molar-refractivity contribution in [2.75, 3.05) is 7.11 Å². The van der Waals surface area contributed by atoms with Gasteiger partial charge in [0.1, 0.15) is 11.5 Å². The monoisotopic (exact) mass is 358 g/mol. The van der Waals surface area contributed by atoms with Gasteiger partial charge < -0.3 is 14.0 Å². The van der Waals surface area contributed by atoms with Gasteiger partial charge in [-0.25, -0.2) is 0 Å². The van der Waals surface area contributed by atoms with Gasteiger partial charge in [0.15, 0.2) is 0 Å². The van der Waals surface area contributed by atoms with E-state index in [0.29, 0.717) is 5.19 Å². The Labute approximate surface area is 127 Å². The van der Waals surface area contributed by atoms with Crippen molar-refractivity contribution in [1.82, 2.24) is 0 Å². The fourth-order valence-electron chi connectivity index (χ4n) is 1.74. The fraction of sp³-hybridized carbons (Fsp3) is 0.500. The average Bonchev–Trinajstić information content (AvgIpc) is 2.34. The number of aliphatic hydroxyl groups is 1. The van der Waals surface area contributed by atoms with Gasteiger partial charge in [0.05, 0.1) is 21.8 Å². The zero-order valence-corrected chi connectivity index (χ0v) is 14.3. The fourth-order valence-corrected chi connectivity index (χ4v) is 3.71. The van der Waals surface area contributed by atoms with Crippen molar-refractivity contribution in [2.45, 2.75) is 31.8 Å². The van der Waals surface area contributed by atoms with Crippen molar-refractivity contribution >= 4 is 23.4 Å². The molecule has 0 spiro atoms. The van der Waals surface area contributed by atoms with E-state index in [-0.39, 0.29) is 11.3 Å². The molecule has 1 aromatic rings. The molecular weight excluding hydrogens is 341 g/mol. The molecule has 5 nitrogen and oxygen atoms in total. The molecule has 0 aromatic heterocycles. The molecule has 22 heavy (non-hydrogen) atoms. The quantitative estimate of drug-likeness (QED) is 0.495. The van der Waals surface area contributed by atoms with E-state index in [1.165, 1.54) is 13.2 Å². The molecule has 0 radical (unpaired) electrons. The molecule has 0 saturated carbocycles. The van der Waals surface area contributed by atoms with Crippen molar-refractivity contribution in [3.63, 3.8) is 0 Å². The summed E-state index contributed by atoms with van der Waals surface area (Å²) < 4.78 is 69.3. The van der Waals surface area contributed by atoms with Crippen molar-refractivity contribution in [3.8, 4) is 11.5 Å². The molecule has 1 aromatic carbocycles. The third-order valence-electron chi connectivity index (χ3n) is 2.84. The van der Waals surface area contributed by atoms with Crippen LogP contribution in [0.5, 0.6) is 11.5 Å². The summed E-state index contributed by atoms with van der Waals surface area (Å²) in [5, 5.41) is 9.57. The lowest BCUT2D eigenvalue weighted by Gasteiger charge is -2.23. The summed E-state index contributed by atoms with van der Waals surface area (Å²) >= 11 is 0. The molecule has 0 fully saturated rings. The van der Waals surface area contributed by atoms with Gasteiger partial charge in [-0.15, -0.1) is 0 Å². The smallest absolute Gasteiger partial charge is 0.496 e. The lowest BCUT2D eigenvalue weighted by Crippen LogP contribution is -2.40. The zero-order valence-electron chi connectivity index (χ0n) is 12.5. The van der Waals surface area contributed by atoms with E-state index in [1.807, 2.05) is 19.6 Å². The summed E-state index contributed by atoms with van der Waals surface area (Å²) in [6.07, 6.45) is 0. The summed E-state index contributed by atoms with van der Waals surface area (Å²) in [5.74, 6) is -0.168. The van der Waals surface area contributed by atoms with Gasteiger partial charge in [0.2, 0.25) is 0 Å². The first-order chi connectivity index (χ1) is 9.83. The summed E-state index contributed by atoms with van der Waals surface area (Å²) in [5.41, 5.74) is -5.39. The maximum Gasteiger partial charge on any atom is 0.534 e. The number of ether oxygens (including phenoxy) is 1. The number of rotatable bonds is 5. The van der Waals surface area contributed by atoms with E-state index in [4.69, 9.17) is 4.74 Å². The van der Waals surface area contributed by atoms with Crippen LogP contribution in [0, 0.1) is 0 Å². The zero-order chi connectivity index (χ0) is 17.3. The molecule has 0 amide bonds. The van der Waals surface area contributed by atoms with Crippen LogP contribution in [-0.2, 0) is 16.7 Å². The molecular formula is C12H17F3O5SSi. The molecule has 0 aliphatic carbocycles. The maximum absolute atomic E-state index is 12.5. The second-order valence-corrected chi connectivity index (χ2v) is 12.1. The van der Waals surface area contributed by atoms with E-state index in [1.54, 1.807) is 0 Å². The van der Waals surface area contributed by atoms with Crippen LogP contribution in [0.3, 0.4) is 0 Å². The Morgan fingerprint density at radius 1 is 1.18 bits per heavy atom. The van der Waals surface area contributed by atoms with Crippen LogP contribution in [0.4, 0.5) is 13.2 Å². The normalized spacial score (nSPS) is 13.1. The number of halogens is 3. The lowest BCUT2D eigenvalue weighted by molar-refractivity contribution is -0.0499. The van der Waals surface area contributed by atoms with Crippen LogP contribution in [0.25, 0.3) is 0 Å². The highest BCUT2D eigenvalue weighted by atomic mass is 32.2. The standard InChI is InChI=1S/C12H17F3O5SSi/c1-19-9-6-11(22(2,3)4)10(5-8(9)7-16)20-21(17,18)12(13,14)15/h5-6,16H,7H2,1-4H3. The van der Waals surface area contributed by atoms with Crippen LogP contribution >= 0.6 is 0 Å². The van der Waals surface area contributed by atoms with E-state index in [0.717, 1.165) is 6.07 Å². The second-order valence-electron chi connectivity index (χ2n) is 5.55. The average molecular weight is 358 g/mol. The molecule has 0 unspecified atom stereocenters. The molecule has 1 rings (SSSR count). The lowest BCUT2D eigenvalue weighted by atomic mass is 10.2. The third-order valence-corrected chi connectivity index (χ3v) is 5.82. The summed E-state index contributed by atoms with van der Waals surface area (Å²) in [6, 6.07) is 2.48. The van der Waals surface area contributed by atoms with E-state index in [9.17, 15) is 26.7 Å². The highest BCUT2D eigenvalue weighted by Gasteiger charge is 2.49. The highest BCUT2D eigenvalue weighted by molar-refractivity contribution is 7.88. The topological polar surface area (TPSA) is 72.8 Å². The number of methoxy groups -OCH3 is 1. The number of benzene rings is 1. The van der Waals surface area contributed by atoms with Gasteiger partial charge in [0.25, 0.3) is 0 Å². The van der Waals surface area contributed by atoms with Crippen LogP contribution in [0.1, 0.15) is 5.56 Å². The molecule has 0 aliphatic rings. The maximum atomic E-state index is 12.5. The highest BCUT2D eigenvalue weighted by Crippen LogP contribution is 2.30. The first-order valence-corrected chi connectivity index (χ1v) is 11.1. The Balaban J connectivity index is 3.52. The predicted octanol–water partition coefficient (Wildman–Crippen LogP) is 1.96. The first kappa shape index (κ1) is 18.8.